The van der Waals surface area contributed by atoms with Gasteiger partial charge in [-0.2, -0.15) is 4.98 Å². The van der Waals surface area contributed by atoms with Crippen LogP contribution in [0, 0.1) is 11.6 Å². The van der Waals surface area contributed by atoms with Crippen molar-refractivity contribution in [2.45, 2.75) is 19.4 Å². The zero-order valence-electron chi connectivity index (χ0n) is 19.0. The van der Waals surface area contributed by atoms with Gasteiger partial charge < -0.3 is 23.8 Å². The van der Waals surface area contributed by atoms with E-state index in [1.54, 1.807) is 6.92 Å². The first-order chi connectivity index (χ1) is 16.4. The zero-order chi connectivity index (χ0) is 24.7. The first-order valence-electron chi connectivity index (χ1n) is 10.5. The monoisotopic (exact) mass is 477 g/mol. The molecule has 1 amide bonds. The van der Waals surface area contributed by atoms with E-state index < -0.39 is 23.5 Å². The Morgan fingerprint density at radius 2 is 1.97 bits per heavy atom. The van der Waals surface area contributed by atoms with Gasteiger partial charge in [0.05, 0.1) is 32.9 Å². The van der Waals surface area contributed by atoms with Crippen LogP contribution >= 0.6 is 0 Å². The Morgan fingerprint density at radius 3 is 2.62 bits per heavy atom. The van der Waals surface area contributed by atoms with Gasteiger partial charge in [0, 0.05) is 30.8 Å². The normalized spacial score (nSPS) is 15.9. The summed E-state index contributed by atoms with van der Waals surface area (Å²) in [6, 6.07) is 2.03. The molecular formula is C23H25F2N3O6. The van der Waals surface area contributed by atoms with Gasteiger partial charge >= 0.3 is 6.01 Å². The molecule has 2 heterocycles. The maximum atomic E-state index is 14.3. The van der Waals surface area contributed by atoms with Crippen LogP contribution in [0.15, 0.2) is 24.4 Å². The molecule has 1 aliphatic heterocycles. The molecular weight excluding hydrogens is 452 g/mol. The highest BCUT2D eigenvalue weighted by atomic mass is 19.1. The molecule has 1 aliphatic rings. The van der Waals surface area contributed by atoms with Crippen molar-refractivity contribution in [2.75, 3.05) is 40.5 Å². The topological polar surface area (TPSA) is 100 Å². The van der Waals surface area contributed by atoms with E-state index in [0.29, 0.717) is 12.1 Å². The fourth-order valence-corrected chi connectivity index (χ4v) is 3.26. The number of benzene rings is 1. The van der Waals surface area contributed by atoms with Crippen molar-refractivity contribution in [1.29, 1.82) is 0 Å². The Kier molecular flexibility index (Phi) is 8.47. The molecule has 1 saturated heterocycles. The molecule has 0 N–H and O–H groups in total. The number of hydrogen-bond donors (Lipinski definition) is 0. The van der Waals surface area contributed by atoms with Gasteiger partial charge in [-0.15, -0.1) is 0 Å². The highest BCUT2D eigenvalue weighted by Crippen LogP contribution is 2.25. The molecule has 0 spiro atoms. The fraction of sp³-hybridized carbons (Fsp3) is 0.391. The van der Waals surface area contributed by atoms with Gasteiger partial charge in [0.1, 0.15) is 12.7 Å². The first kappa shape index (κ1) is 25.0. The number of amides is 1. The minimum Gasteiger partial charge on any atom is -0.485 e. The summed E-state index contributed by atoms with van der Waals surface area (Å²) < 4.78 is 49.5. The minimum atomic E-state index is -0.973. The summed E-state index contributed by atoms with van der Waals surface area (Å²) in [4.78, 5) is 33.9. The van der Waals surface area contributed by atoms with Gasteiger partial charge in [-0.1, -0.05) is 6.92 Å². The van der Waals surface area contributed by atoms with E-state index >= 15 is 0 Å². The number of ether oxygens (including phenoxy) is 4. The lowest BCUT2D eigenvalue weighted by molar-refractivity contribution is -0.134. The number of Topliss-reactive ketones (excluding diaryl/α,β-unsaturated/α-hetero) is 1. The number of morpholine rings is 1. The minimum absolute atomic E-state index is 0.0544. The van der Waals surface area contributed by atoms with Gasteiger partial charge in [0.2, 0.25) is 11.8 Å². The average molecular weight is 477 g/mol. The van der Waals surface area contributed by atoms with Crippen LogP contribution in [-0.4, -0.2) is 73.2 Å². The second-order valence-corrected chi connectivity index (χ2v) is 7.29. The van der Waals surface area contributed by atoms with E-state index in [9.17, 15) is 18.4 Å². The molecule has 3 rings (SSSR count). The SMILES string of the molecule is CCC(=O)c1cc(F)c(OCC2CN(C(=O)/C=C/c3cnc(OC)nc3OC)CCO2)c(F)c1. The fourth-order valence-electron chi connectivity index (χ4n) is 3.26. The molecule has 1 atom stereocenters. The number of nitrogens with zero attached hydrogens (tertiary/aromatic N) is 3. The maximum absolute atomic E-state index is 14.3. The Hall–Kier alpha value is -3.60. The maximum Gasteiger partial charge on any atom is 0.319 e. The molecule has 34 heavy (non-hydrogen) atoms. The quantitative estimate of drug-likeness (QED) is 0.402. The standard InChI is InChI=1S/C23H25F2N3O6/c1-4-19(29)15-9-17(24)21(18(25)10-15)34-13-16-12-28(7-8-33-16)20(30)6-5-14-11-26-23(32-3)27-22(14)31-2/h5-6,9-11,16H,4,7-8,12-13H2,1-3H3/b6-5+. The molecule has 182 valence electrons. The molecule has 2 aromatic rings. The first-order valence-corrected chi connectivity index (χ1v) is 10.5. The molecule has 1 aromatic carbocycles. The molecule has 0 aliphatic carbocycles. The van der Waals surface area contributed by atoms with Crippen LogP contribution in [0.2, 0.25) is 0 Å². The molecule has 1 aromatic heterocycles. The van der Waals surface area contributed by atoms with Gasteiger partial charge in [-0.25, -0.2) is 13.8 Å². The van der Waals surface area contributed by atoms with Crippen LogP contribution in [0.5, 0.6) is 17.6 Å². The third kappa shape index (κ3) is 6.04. The van der Waals surface area contributed by atoms with Crippen molar-refractivity contribution in [3.8, 4) is 17.6 Å². The lowest BCUT2D eigenvalue weighted by Gasteiger charge is -2.32. The molecule has 9 nitrogen and oxygen atoms in total. The predicted molar refractivity (Wildman–Crippen MR) is 117 cm³/mol. The molecule has 0 radical (unpaired) electrons. The van der Waals surface area contributed by atoms with E-state index in [1.807, 2.05) is 0 Å². The van der Waals surface area contributed by atoms with Crippen molar-refractivity contribution >= 4 is 17.8 Å². The Balaban J connectivity index is 1.61. The summed E-state index contributed by atoms with van der Waals surface area (Å²) in [6.07, 6.45) is 3.87. The van der Waals surface area contributed by atoms with Crippen LogP contribution in [-0.2, 0) is 9.53 Å². The van der Waals surface area contributed by atoms with Crippen LogP contribution in [0.1, 0.15) is 29.3 Å². The van der Waals surface area contributed by atoms with Crippen LogP contribution in [0.25, 0.3) is 6.08 Å². The Labute approximate surface area is 195 Å². The Bertz CT molecular complexity index is 1060. The summed E-state index contributed by atoms with van der Waals surface area (Å²) >= 11 is 0. The van der Waals surface area contributed by atoms with Gasteiger partial charge in [0.15, 0.2) is 23.2 Å². The molecule has 0 bridgehead atoms. The largest absolute Gasteiger partial charge is 0.485 e. The number of halogens is 2. The van der Waals surface area contributed by atoms with E-state index in [2.05, 4.69) is 9.97 Å². The number of carbonyl (C=O) groups is 2. The van der Waals surface area contributed by atoms with Crippen molar-refractivity contribution in [2.24, 2.45) is 0 Å². The highest BCUT2D eigenvalue weighted by molar-refractivity contribution is 5.96. The number of rotatable bonds is 9. The van der Waals surface area contributed by atoms with Crippen molar-refractivity contribution in [1.82, 2.24) is 14.9 Å². The van der Waals surface area contributed by atoms with Crippen molar-refractivity contribution in [3.05, 3.63) is 47.2 Å². The van der Waals surface area contributed by atoms with Crippen LogP contribution in [0.3, 0.4) is 0 Å². The third-order valence-corrected chi connectivity index (χ3v) is 5.04. The lowest BCUT2D eigenvalue weighted by atomic mass is 10.1. The van der Waals surface area contributed by atoms with Gasteiger partial charge in [-0.3, -0.25) is 9.59 Å². The van der Waals surface area contributed by atoms with Crippen LogP contribution in [0.4, 0.5) is 8.78 Å². The lowest BCUT2D eigenvalue weighted by Crippen LogP contribution is -2.47. The second kappa shape index (κ2) is 11.5. The number of hydrogen-bond acceptors (Lipinski definition) is 8. The summed E-state index contributed by atoms with van der Waals surface area (Å²) in [5, 5.41) is 0. The van der Waals surface area contributed by atoms with E-state index in [1.165, 1.54) is 37.5 Å². The smallest absolute Gasteiger partial charge is 0.319 e. The van der Waals surface area contributed by atoms with E-state index in [4.69, 9.17) is 18.9 Å². The third-order valence-electron chi connectivity index (χ3n) is 5.04. The molecule has 1 unspecified atom stereocenters. The second-order valence-electron chi connectivity index (χ2n) is 7.29. The van der Waals surface area contributed by atoms with Gasteiger partial charge in [-0.05, 0) is 18.2 Å². The Morgan fingerprint density at radius 1 is 1.24 bits per heavy atom. The van der Waals surface area contributed by atoms with Crippen molar-refractivity contribution < 1.29 is 37.3 Å². The molecule has 0 saturated carbocycles. The summed E-state index contributed by atoms with van der Waals surface area (Å²) in [6.45, 7) is 2.16. The number of aromatic nitrogens is 2. The van der Waals surface area contributed by atoms with Crippen molar-refractivity contribution in [3.63, 3.8) is 0 Å². The molecule has 1 fully saturated rings. The summed E-state index contributed by atoms with van der Waals surface area (Å²) in [5.41, 5.74) is 0.432. The zero-order valence-corrected chi connectivity index (χ0v) is 19.0. The predicted octanol–water partition coefficient (Wildman–Crippen LogP) is 2.68. The summed E-state index contributed by atoms with van der Waals surface area (Å²) in [5.74, 6) is -2.96. The number of carbonyl (C=O) groups excluding carboxylic acids is 2. The van der Waals surface area contributed by atoms with Gasteiger partial charge in [0.25, 0.3) is 0 Å². The average Bonchev–Trinajstić information content (AvgIpc) is 2.86. The van der Waals surface area contributed by atoms with Crippen LogP contribution < -0.4 is 14.2 Å². The number of methoxy groups -OCH3 is 2. The number of ketones is 1. The van der Waals surface area contributed by atoms with E-state index in [-0.39, 0.29) is 55.3 Å². The molecule has 11 heteroatoms. The highest BCUT2D eigenvalue weighted by Gasteiger charge is 2.25. The summed E-state index contributed by atoms with van der Waals surface area (Å²) in [7, 11) is 2.87. The van der Waals surface area contributed by atoms with E-state index in [0.717, 1.165) is 12.1 Å².